The van der Waals surface area contributed by atoms with Crippen molar-refractivity contribution in [1.29, 1.82) is 0 Å². The third-order valence-corrected chi connectivity index (χ3v) is 1.02. The molecule has 76 valence electrons. The van der Waals surface area contributed by atoms with Crippen molar-refractivity contribution in [3.63, 3.8) is 0 Å². The molecule has 0 rings (SSSR count). The molecule has 13 heavy (non-hydrogen) atoms. The first-order valence-electron chi connectivity index (χ1n) is 3.25. The third kappa shape index (κ3) is 7.10. The summed E-state index contributed by atoms with van der Waals surface area (Å²) < 4.78 is 38.7. The van der Waals surface area contributed by atoms with Crippen LogP contribution in [0.4, 0.5) is 13.2 Å². The Morgan fingerprint density at radius 2 is 1.92 bits per heavy atom. The molecule has 1 N–H and O–H groups in total. The average Bonchev–Trinajstić information content (AvgIpc) is 1.97. The lowest BCUT2D eigenvalue weighted by atomic mass is 10.4. The summed E-state index contributed by atoms with van der Waals surface area (Å²) in [6, 6.07) is 0. The molecule has 7 heteroatoms. The Hall–Kier alpha value is -1.27. The van der Waals surface area contributed by atoms with E-state index in [-0.39, 0.29) is 0 Å². The van der Waals surface area contributed by atoms with E-state index in [1.54, 1.807) is 5.32 Å². The summed E-state index contributed by atoms with van der Waals surface area (Å²) in [5.41, 5.74) is 0. The quantitative estimate of drug-likeness (QED) is 0.662. The smallest absolute Gasteiger partial charge is 0.397 e. The highest BCUT2D eigenvalue weighted by atomic mass is 19.4. The predicted octanol–water partition coefficient (Wildman–Crippen LogP) is 0.228. The van der Waals surface area contributed by atoms with Gasteiger partial charge in [-0.3, -0.25) is 9.59 Å². The van der Waals surface area contributed by atoms with Crippen LogP contribution in [0.5, 0.6) is 0 Å². The van der Waals surface area contributed by atoms with Crippen molar-refractivity contribution in [2.75, 3.05) is 13.7 Å². The lowest BCUT2D eigenvalue weighted by Crippen LogP contribution is -2.33. The van der Waals surface area contributed by atoms with E-state index in [0.717, 1.165) is 7.11 Å². The van der Waals surface area contributed by atoms with Crippen LogP contribution < -0.4 is 5.32 Å². The molecule has 0 aromatic carbocycles. The Labute approximate surface area is 72.0 Å². The van der Waals surface area contributed by atoms with Crippen LogP contribution >= 0.6 is 0 Å². The van der Waals surface area contributed by atoms with Gasteiger partial charge in [-0.1, -0.05) is 0 Å². The first kappa shape index (κ1) is 11.7. The number of methoxy groups -OCH3 is 1. The second-order valence-corrected chi connectivity index (χ2v) is 2.14. The van der Waals surface area contributed by atoms with Crippen LogP contribution in [-0.4, -0.2) is 31.7 Å². The van der Waals surface area contributed by atoms with Crippen LogP contribution in [0.15, 0.2) is 0 Å². The molecular formula is C6H8F3NO3. The van der Waals surface area contributed by atoms with Crippen LogP contribution in [0.1, 0.15) is 6.42 Å². The highest BCUT2D eigenvalue weighted by Crippen LogP contribution is 2.18. The van der Waals surface area contributed by atoms with Gasteiger partial charge in [-0.2, -0.15) is 13.2 Å². The van der Waals surface area contributed by atoms with Crippen molar-refractivity contribution in [3.05, 3.63) is 0 Å². The van der Waals surface area contributed by atoms with Crippen LogP contribution in [0.25, 0.3) is 0 Å². The summed E-state index contributed by atoms with van der Waals surface area (Å²) in [5, 5.41) is 1.76. The normalized spacial score (nSPS) is 10.8. The fourth-order valence-electron chi connectivity index (χ4n) is 0.487. The van der Waals surface area contributed by atoms with E-state index in [9.17, 15) is 22.8 Å². The molecule has 0 spiro atoms. The Morgan fingerprint density at radius 3 is 2.31 bits per heavy atom. The topological polar surface area (TPSA) is 55.4 Å². The number of hydrogen-bond acceptors (Lipinski definition) is 3. The highest BCUT2D eigenvalue weighted by Gasteiger charge is 2.31. The van der Waals surface area contributed by atoms with E-state index in [4.69, 9.17) is 0 Å². The van der Waals surface area contributed by atoms with Gasteiger partial charge in [0.2, 0.25) is 5.91 Å². The number of esters is 1. The first-order valence-corrected chi connectivity index (χ1v) is 3.25. The third-order valence-electron chi connectivity index (χ3n) is 1.02. The van der Waals surface area contributed by atoms with E-state index in [0.29, 0.717) is 0 Å². The molecule has 0 radical (unpaired) electrons. The van der Waals surface area contributed by atoms with Gasteiger partial charge < -0.3 is 10.1 Å². The molecule has 0 aliphatic heterocycles. The number of amides is 1. The Morgan fingerprint density at radius 1 is 1.38 bits per heavy atom. The van der Waals surface area contributed by atoms with E-state index >= 15 is 0 Å². The lowest BCUT2D eigenvalue weighted by Gasteiger charge is -2.06. The van der Waals surface area contributed by atoms with Crippen molar-refractivity contribution >= 4 is 11.9 Å². The lowest BCUT2D eigenvalue weighted by molar-refractivity contribution is -0.155. The molecule has 0 aromatic heterocycles. The highest BCUT2D eigenvalue weighted by molar-refractivity contribution is 5.82. The molecule has 0 aliphatic rings. The van der Waals surface area contributed by atoms with Gasteiger partial charge in [-0.05, 0) is 0 Å². The molecule has 0 bridgehead atoms. The SMILES string of the molecule is COC(=O)CNC(=O)CC(F)(F)F. The molecule has 0 unspecified atom stereocenters. The minimum atomic E-state index is -4.56. The summed E-state index contributed by atoms with van der Waals surface area (Å²) in [6.07, 6.45) is -6.15. The number of carbonyl (C=O) groups is 2. The number of halogens is 3. The van der Waals surface area contributed by atoms with Crippen LogP contribution in [-0.2, 0) is 14.3 Å². The van der Waals surface area contributed by atoms with Crippen molar-refractivity contribution in [2.24, 2.45) is 0 Å². The Balaban J connectivity index is 3.71. The fraction of sp³-hybridized carbons (Fsp3) is 0.667. The monoisotopic (exact) mass is 199 g/mol. The summed E-state index contributed by atoms with van der Waals surface area (Å²) in [5.74, 6) is -2.05. The Bertz CT molecular complexity index is 202. The van der Waals surface area contributed by atoms with Gasteiger partial charge in [-0.25, -0.2) is 0 Å². The van der Waals surface area contributed by atoms with Crippen molar-refractivity contribution in [1.82, 2.24) is 5.32 Å². The van der Waals surface area contributed by atoms with Gasteiger partial charge in [0.15, 0.2) is 0 Å². The zero-order valence-electron chi connectivity index (χ0n) is 6.77. The van der Waals surface area contributed by atoms with E-state index in [2.05, 4.69) is 4.74 Å². The summed E-state index contributed by atoms with van der Waals surface area (Å²) in [6.45, 7) is -0.550. The molecule has 0 atom stereocenters. The van der Waals surface area contributed by atoms with Gasteiger partial charge in [0, 0.05) is 0 Å². The summed E-state index contributed by atoms with van der Waals surface area (Å²) >= 11 is 0. The van der Waals surface area contributed by atoms with Crippen molar-refractivity contribution in [2.45, 2.75) is 12.6 Å². The number of hydrogen-bond donors (Lipinski definition) is 1. The minimum absolute atomic E-state index is 0.550. The predicted molar refractivity (Wildman–Crippen MR) is 35.7 cm³/mol. The maximum Gasteiger partial charge on any atom is 0.397 e. The van der Waals surface area contributed by atoms with Gasteiger partial charge >= 0.3 is 12.1 Å². The molecule has 4 nitrogen and oxygen atoms in total. The number of ether oxygens (including phenoxy) is 1. The summed E-state index contributed by atoms with van der Waals surface area (Å²) in [4.78, 5) is 20.8. The van der Waals surface area contributed by atoms with Gasteiger partial charge in [0.1, 0.15) is 13.0 Å². The van der Waals surface area contributed by atoms with Gasteiger partial charge in [0.05, 0.1) is 7.11 Å². The molecule has 1 amide bonds. The standard InChI is InChI=1S/C6H8F3NO3/c1-13-5(12)3-10-4(11)2-6(7,8)9/h2-3H2,1H3,(H,10,11). The van der Waals surface area contributed by atoms with Gasteiger partial charge in [0.25, 0.3) is 0 Å². The van der Waals surface area contributed by atoms with Crippen LogP contribution in [0, 0.1) is 0 Å². The second kappa shape index (κ2) is 4.68. The molecule has 0 saturated carbocycles. The molecule has 0 aromatic rings. The van der Waals surface area contributed by atoms with E-state index < -0.39 is 31.0 Å². The number of rotatable bonds is 3. The summed E-state index contributed by atoms with van der Waals surface area (Å²) in [7, 11) is 1.07. The molecule has 0 saturated heterocycles. The van der Waals surface area contributed by atoms with E-state index in [1.165, 1.54) is 0 Å². The molecule has 0 fully saturated rings. The van der Waals surface area contributed by atoms with Gasteiger partial charge in [-0.15, -0.1) is 0 Å². The maximum absolute atomic E-state index is 11.5. The minimum Gasteiger partial charge on any atom is -0.468 e. The first-order chi connectivity index (χ1) is 5.85. The van der Waals surface area contributed by atoms with E-state index in [1.807, 2.05) is 0 Å². The molecular weight excluding hydrogens is 191 g/mol. The van der Waals surface area contributed by atoms with Crippen LogP contribution in [0.3, 0.4) is 0 Å². The molecule has 0 aliphatic carbocycles. The number of nitrogens with one attached hydrogen (secondary N) is 1. The second-order valence-electron chi connectivity index (χ2n) is 2.14. The zero-order valence-corrected chi connectivity index (χ0v) is 6.77. The number of alkyl halides is 3. The largest absolute Gasteiger partial charge is 0.468 e. The average molecular weight is 199 g/mol. The van der Waals surface area contributed by atoms with Crippen LogP contribution in [0.2, 0.25) is 0 Å². The fourth-order valence-corrected chi connectivity index (χ4v) is 0.487. The number of carbonyl (C=O) groups excluding carboxylic acids is 2. The Kier molecular flexibility index (Phi) is 4.22. The zero-order chi connectivity index (χ0) is 10.5. The maximum atomic E-state index is 11.5. The van der Waals surface area contributed by atoms with Crippen molar-refractivity contribution in [3.8, 4) is 0 Å². The molecule has 0 heterocycles. The van der Waals surface area contributed by atoms with Crippen molar-refractivity contribution < 1.29 is 27.5 Å².